The van der Waals surface area contributed by atoms with Gasteiger partial charge in [0.25, 0.3) is 5.91 Å². The van der Waals surface area contributed by atoms with Crippen LogP contribution in [0.1, 0.15) is 17.3 Å². The summed E-state index contributed by atoms with van der Waals surface area (Å²) in [5.41, 5.74) is 0.886. The van der Waals surface area contributed by atoms with Crippen molar-refractivity contribution in [2.24, 2.45) is 0 Å². The Morgan fingerprint density at radius 3 is 2.74 bits per heavy atom. The lowest BCUT2D eigenvalue weighted by Crippen LogP contribution is -2.48. The lowest BCUT2D eigenvalue weighted by atomic mass is 10.2. The third-order valence-electron chi connectivity index (χ3n) is 5.90. The molecule has 1 amide bonds. The van der Waals surface area contributed by atoms with E-state index in [-0.39, 0.29) is 18.0 Å². The van der Waals surface area contributed by atoms with Gasteiger partial charge in [0.1, 0.15) is 16.9 Å². The van der Waals surface area contributed by atoms with Gasteiger partial charge in [-0.15, -0.1) is 12.4 Å². The number of hydrogen-bond acceptors (Lipinski definition) is 8. The summed E-state index contributed by atoms with van der Waals surface area (Å²) in [6.45, 7) is 7.33. The Bertz CT molecular complexity index is 1380. The van der Waals surface area contributed by atoms with Gasteiger partial charge in [-0.05, 0) is 37.3 Å². The standard InChI is InChI=1S/C25H26N4O4S.ClH/c1-2-32-18-7-8-20-22(16-18)34-25(27-20)29-13-11-28(12-14-29)10-9-26-23(30)19-15-17-5-3-4-6-21(17)33-24(19)31;/h3-8,15-16H,2,9-14H2,1H3,(H,26,30);1H. The maximum Gasteiger partial charge on any atom is 0.349 e. The molecule has 8 nitrogen and oxygen atoms in total. The highest BCUT2D eigenvalue weighted by Gasteiger charge is 2.20. The van der Waals surface area contributed by atoms with Crippen molar-refractivity contribution in [1.29, 1.82) is 0 Å². The Hall–Kier alpha value is -3.14. The van der Waals surface area contributed by atoms with E-state index in [1.165, 1.54) is 0 Å². The second-order valence-electron chi connectivity index (χ2n) is 8.13. The number of carbonyl (C=O) groups is 1. The molecule has 3 heterocycles. The molecule has 0 saturated carbocycles. The number of anilines is 1. The number of amides is 1. The second-order valence-corrected chi connectivity index (χ2v) is 9.14. The minimum absolute atomic E-state index is 0. The first-order valence-electron chi connectivity index (χ1n) is 11.4. The zero-order valence-corrected chi connectivity index (χ0v) is 21.0. The van der Waals surface area contributed by atoms with Crippen LogP contribution in [0.25, 0.3) is 21.2 Å². The van der Waals surface area contributed by atoms with E-state index in [0.717, 1.165) is 59.2 Å². The van der Waals surface area contributed by atoms with E-state index < -0.39 is 11.5 Å². The molecule has 0 unspecified atom stereocenters. The van der Waals surface area contributed by atoms with Gasteiger partial charge in [-0.2, -0.15) is 0 Å². The van der Waals surface area contributed by atoms with Gasteiger partial charge in [0.05, 0.1) is 16.8 Å². The minimum atomic E-state index is -0.617. The van der Waals surface area contributed by atoms with Crippen LogP contribution in [0.2, 0.25) is 0 Å². The highest BCUT2D eigenvalue weighted by Crippen LogP contribution is 2.32. The van der Waals surface area contributed by atoms with Crippen molar-refractivity contribution in [3.05, 3.63) is 64.5 Å². The highest BCUT2D eigenvalue weighted by atomic mass is 35.5. The summed E-state index contributed by atoms with van der Waals surface area (Å²) in [7, 11) is 0. The van der Waals surface area contributed by atoms with E-state index >= 15 is 0 Å². The van der Waals surface area contributed by atoms with Crippen LogP contribution in [0, 0.1) is 0 Å². The van der Waals surface area contributed by atoms with E-state index in [1.807, 2.05) is 31.2 Å². The Labute approximate surface area is 212 Å². The fourth-order valence-corrected chi connectivity index (χ4v) is 5.14. The molecule has 0 spiro atoms. The molecular weight excluding hydrogens is 488 g/mol. The molecule has 184 valence electrons. The second kappa shape index (κ2) is 11.1. The third-order valence-corrected chi connectivity index (χ3v) is 6.98. The fraction of sp³-hybridized carbons (Fsp3) is 0.320. The molecule has 0 radical (unpaired) electrons. The molecule has 0 bridgehead atoms. The first-order chi connectivity index (χ1) is 16.6. The molecule has 1 aliphatic heterocycles. The summed E-state index contributed by atoms with van der Waals surface area (Å²) in [6.07, 6.45) is 0. The van der Waals surface area contributed by atoms with Crippen LogP contribution in [-0.2, 0) is 0 Å². The van der Waals surface area contributed by atoms with Crippen LogP contribution >= 0.6 is 23.7 Å². The average Bonchev–Trinajstić information content (AvgIpc) is 3.27. The van der Waals surface area contributed by atoms with Crippen molar-refractivity contribution < 1.29 is 13.9 Å². The van der Waals surface area contributed by atoms with Crippen molar-refractivity contribution in [2.75, 3.05) is 50.8 Å². The van der Waals surface area contributed by atoms with E-state index in [1.54, 1.807) is 29.5 Å². The summed E-state index contributed by atoms with van der Waals surface area (Å²) in [5, 5.41) is 4.61. The number of nitrogens with zero attached hydrogens (tertiary/aromatic N) is 3. The molecule has 1 N–H and O–H groups in total. The van der Waals surface area contributed by atoms with Crippen LogP contribution in [0.15, 0.2) is 57.7 Å². The number of halogens is 1. The fourth-order valence-electron chi connectivity index (χ4n) is 4.09. The van der Waals surface area contributed by atoms with Crippen molar-refractivity contribution in [1.82, 2.24) is 15.2 Å². The van der Waals surface area contributed by atoms with Crippen LogP contribution < -0.4 is 20.6 Å². The Morgan fingerprint density at radius 2 is 1.94 bits per heavy atom. The zero-order chi connectivity index (χ0) is 23.5. The number of fused-ring (bicyclic) bond motifs is 2. The molecule has 2 aromatic carbocycles. The number of benzene rings is 2. The van der Waals surface area contributed by atoms with Gasteiger partial charge >= 0.3 is 5.63 Å². The van der Waals surface area contributed by atoms with Crippen LogP contribution in [-0.4, -0.2) is 61.7 Å². The molecule has 1 aliphatic rings. The molecular formula is C25H27ClN4O4S. The largest absolute Gasteiger partial charge is 0.494 e. The lowest BCUT2D eigenvalue weighted by molar-refractivity contribution is 0.0944. The molecule has 1 saturated heterocycles. The molecule has 2 aromatic heterocycles. The van der Waals surface area contributed by atoms with Gasteiger partial charge in [-0.3, -0.25) is 9.69 Å². The van der Waals surface area contributed by atoms with E-state index in [2.05, 4.69) is 21.2 Å². The van der Waals surface area contributed by atoms with Gasteiger partial charge in [0.2, 0.25) is 0 Å². The Morgan fingerprint density at radius 1 is 1.14 bits per heavy atom. The summed E-state index contributed by atoms with van der Waals surface area (Å²) in [4.78, 5) is 34.1. The van der Waals surface area contributed by atoms with Crippen molar-refractivity contribution in [2.45, 2.75) is 6.92 Å². The normalized spacial score (nSPS) is 14.1. The first kappa shape index (κ1) is 25.0. The topological polar surface area (TPSA) is 87.9 Å². The van der Waals surface area contributed by atoms with Crippen molar-refractivity contribution >= 4 is 56.0 Å². The molecule has 0 atom stereocenters. The smallest absolute Gasteiger partial charge is 0.349 e. The number of aromatic nitrogens is 1. The van der Waals surface area contributed by atoms with E-state index in [0.29, 0.717) is 18.7 Å². The van der Waals surface area contributed by atoms with Gasteiger partial charge in [0.15, 0.2) is 5.13 Å². The number of carbonyl (C=O) groups excluding carboxylic acids is 1. The van der Waals surface area contributed by atoms with Crippen LogP contribution in [0.3, 0.4) is 0 Å². The number of piperazine rings is 1. The van der Waals surface area contributed by atoms with Gasteiger partial charge in [0, 0.05) is 44.7 Å². The van der Waals surface area contributed by atoms with Gasteiger partial charge in [-0.1, -0.05) is 29.5 Å². The molecule has 0 aliphatic carbocycles. The maximum absolute atomic E-state index is 12.5. The minimum Gasteiger partial charge on any atom is -0.494 e. The number of nitrogens with one attached hydrogen (secondary N) is 1. The van der Waals surface area contributed by atoms with Gasteiger partial charge < -0.3 is 19.4 Å². The summed E-state index contributed by atoms with van der Waals surface area (Å²) in [5.74, 6) is 0.470. The van der Waals surface area contributed by atoms with Crippen LogP contribution in [0.4, 0.5) is 5.13 Å². The summed E-state index contributed by atoms with van der Waals surface area (Å²) < 4.78 is 12.0. The molecule has 10 heteroatoms. The number of hydrogen-bond donors (Lipinski definition) is 1. The maximum atomic E-state index is 12.5. The lowest BCUT2D eigenvalue weighted by Gasteiger charge is -2.34. The van der Waals surface area contributed by atoms with E-state index in [9.17, 15) is 9.59 Å². The van der Waals surface area contributed by atoms with E-state index in [4.69, 9.17) is 14.1 Å². The number of rotatable bonds is 7. The van der Waals surface area contributed by atoms with Crippen LogP contribution in [0.5, 0.6) is 5.75 Å². The molecule has 4 aromatic rings. The highest BCUT2D eigenvalue weighted by molar-refractivity contribution is 7.22. The third kappa shape index (κ3) is 5.58. The first-order valence-corrected chi connectivity index (χ1v) is 12.2. The number of thiazole rings is 1. The average molecular weight is 515 g/mol. The predicted molar refractivity (Wildman–Crippen MR) is 142 cm³/mol. The molecule has 5 rings (SSSR count). The zero-order valence-electron chi connectivity index (χ0n) is 19.4. The Kier molecular flexibility index (Phi) is 7.90. The molecule has 35 heavy (non-hydrogen) atoms. The number of ether oxygens (including phenoxy) is 1. The predicted octanol–water partition coefficient (Wildman–Crippen LogP) is 3.78. The number of para-hydroxylation sites is 1. The summed E-state index contributed by atoms with van der Waals surface area (Å²) in [6, 6.07) is 14.8. The van der Waals surface area contributed by atoms with Crippen molar-refractivity contribution in [3.63, 3.8) is 0 Å². The summed E-state index contributed by atoms with van der Waals surface area (Å²) >= 11 is 1.69. The van der Waals surface area contributed by atoms with Crippen molar-refractivity contribution in [3.8, 4) is 5.75 Å². The molecule has 1 fully saturated rings. The monoisotopic (exact) mass is 514 g/mol. The van der Waals surface area contributed by atoms with Gasteiger partial charge in [-0.25, -0.2) is 9.78 Å². The SMILES string of the molecule is CCOc1ccc2nc(N3CCN(CCNC(=O)c4cc5ccccc5oc4=O)CC3)sc2c1.Cl. The Balaban J connectivity index is 0.00000289. The quantitative estimate of drug-likeness (QED) is 0.375.